The molecule has 0 radical (unpaired) electrons. The Morgan fingerprint density at radius 3 is 1.83 bits per heavy atom. The van der Waals surface area contributed by atoms with Crippen molar-refractivity contribution in [1.29, 1.82) is 0 Å². The number of nitrogens with zero attached hydrogens (tertiary/aromatic N) is 1. The highest BCUT2D eigenvalue weighted by atomic mass is 32.1. The molecule has 0 amide bonds. The largest absolute Gasteiger partial charge is 0.355 e. The lowest BCUT2D eigenvalue weighted by atomic mass is 9.97. The van der Waals surface area contributed by atoms with E-state index in [1.165, 1.54) is 80.5 Å². The SMILES string of the molecule is c1ccc(Nc2cc3c4ccccc4n4c5ccc(-c6ccc7c(c6)sc6c(Nc8ccccc8)ccc(-c8ccccc8)c67)cc5c(c2)c34)cc1. The van der Waals surface area contributed by atoms with E-state index in [0.717, 1.165) is 22.7 Å². The van der Waals surface area contributed by atoms with Crippen LogP contribution >= 0.6 is 11.3 Å². The van der Waals surface area contributed by atoms with E-state index in [1.807, 2.05) is 11.3 Å². The first-order valence-electron chi connectivity index (χ1n) is 17.7. The summed E-state index contributed by atoms with van der Waals surface area (Å²) in [4.78, 5) is 0. The van der Waals surface area contributed by atoms with Gasteiger partial charge >= 0.3 is 0 Å². The molecule has 0 aliphatic rings. The highest BCUT2D eigenvalue weighted by molar-refractivity contribution is 7.26. The second-order valence-corrected chi connectivity index (χ2v) is 14.6. The molecular formula is C48H31N3S. The van der Waals surface area contributed by atoms with E-state index in [2.05, 4.69) is 191 Å². The fraction of sp³-hybridized carbons (Fsp3) is 0. The number of para-hydroxylation sites is 3. The maximum Gasteiger partial charge on any atom is 0.0622 e. The highest BCUT2D eigenvalue weighted by Gasteiger charge is 2.20. The first-order chi connectivity index (χ1) is 25.8. The topological polar surface area (TPSA) is 28.5 Å². The van der Waals surface area contributed by atoms with Crippen molar-refractivity contribution < 1.29 is 0 Å². The van der Waals surface area contributed by atoms with Gasteiger partial charge in [-0.15, -0.1) is 11.3 Å². The fourth-order valence-corrected chi connectivity index (χ4v) is 9.37. The van der Waals surface area contributed by atoms with Crippen LogP contribution in [0.2, 0.25) is 0 Å². The van der Waals surface area contributed by atoms with E-state index in [0.29, 0.717) is 0 Å². The van der Waals surface area contributed by atoms with Gasteiger partial charge in [0, 0.05) is 54.1 Å². The average molecular weight is 682 g/mol. The van der Waals surface area contributed by atoms with Gasteiger partial charge in [-0.1, -0.05) is 109 Å². The summed E-state index contributed by atoms with van der Waals surface area (Å²) in [5.74, 6) is 0. The zero-order chi connectivity index (χ0) is 34.2. The molecule has 244 valence electrons. The number of anilines is 4. The van der Waals surface area contributed by atoms with Crippen LogP contribution in [0.5, 0.6) is 0 Å². The zero-order valence-corrected chi connectivity index (χ0v) is 28.9. The Morgan fingerprint density at radius 2 is 1.04 bits per heavy atom. The number of benzene rings is 8. The number of thiophene rings is 1. The van der Waals surface area contributed by atoms with Gasteiger partial charge in [0.2, 0.25) is 0 Å². The van der Waals surface area contributed by atoms with Crippen LogP contribution in [0.25, 0.3) is 80.5 Å². The number of hydrogen-bond donors (Lipinski definition) is 2. The predicted molar refractivity (Wildman–Crippen MR) is 224 cm³/mol. The van der Waals surface area contributed by atoms with E-state index < -0.39 is 0 Å². The summed E-state index contributed by atoms with van der Waals surface area (Å²) in [6, 6.07) is 63.5. The van der Waals surface area contributed by atoms with Crippen molar-refractivity contribution in [3.8, 4) is 22.3 Å². The highest BCUT2D eigenvalue weighted by Crippen LogP contribution is 2.46. The number of nitrogens with one attached hydrogen (secondary N) is 2. The summed E-state index contributed by atoms with van der Waals surface area (Å²) >= 11 is 1.87. The summed E-state index contributed by atoms with van der Waals surface area (Å²) in [5, 5.41) is 15.0. The summed E-state index contributed by atoms with van der Waals surface area (Å²) in [5.41, 5.74) is 13.1. The molecule has 0 unspecified atom stereocenters. The molecule has 3 aromatic heterocycles. The van der Waals surface area contributed by atoms with Crippen LogP contribution in [0.1, 0.15) is 0 Å². The summed E-state index contributed by atoms with van der Waals surface area (Å²) < 4.78 is 5.00. The van der Waals surface area contributed by atoms with E-state index >= 15 is 0 Å². The molecule has 52 heavy (non-hydrogen) atoms. The van der Waals surface area contributed by atoms with Crippen LogP contribution < -0.4 is 10.6 Å². The Kier molecular flexibility index (Phi) is 6.42. The van der Waals surface area contributed by atoms with E-state index in [4.69, 9.17) is 0 Å². The van der Waals surface area contributed by atoms with Crippen LogP contribution in [-0.4, -0.2) is 4.40 Å². The predicted octanol–water partition coefficient (Wildman–Crippen LogP) is 14.0. The smallest absolute Gasteiger partial charge is 0.0622 e. The van der Waals surface area contributed by atoms with Crippen LogP contribution in [-0.2, 0) is 0 Å². The number of aromatic nitrogens is 1. The van der Waals surface area contributed by atoms with Gasteiger partial charge in [-0.3, -0.25) is 0 Å². The van der Waals surface area contributed by atoms with Crippen molar-refractivity contribution in [2.45, 2.75) is 0 Å². The molecule has 4 heteroatoms. The molecule has 0 atom stereocenters. The van der Waals surface area contributed by atoms with E-state index in [-0.39, 0.29) is 0 Å². The number of fused-ring (bicyclic) bond motifs is 9. The monoisotopic (exact) mass is 681 g/mol. The third-order valence-electron chi connectivity index (χ3n) is 10.5. The van der Waals surface area contributed by atoms with E-state index in [1.54, 1.807) is 0 Å². The van der Waals surface area contributed by atoms with Crippen molar-refractivity contribution in [2.75, 3.05) is 10.6 Å². The van der Waals surface area contributed by atoms with Gasteiger partial charge in [-0.2, -0.15) is 0 Å². The minimum Gasteiger partial charge on any atom is -0.355 e. The minimum absolute atomic E-state index is 1.08. The average Bonchev–Trinajstić information content (AvgIpc) is 3.86. The molecule has 0 spiro atoms. The van der Waals surface area contributed by atoms with Crippen molar-refractivity contribution in [1.82, 2.24) is 4.40 Å². The molecule has 11 rings (SSSR count). The molecule has 3 heterocycles. The number of hydrogen-bond acceptors (Lipinski definition) is 3. The van der Waals surface area contributed by atoms with Crippen LogP contribution in [0.15, 0.2) is 176 Å². The third-order valence-corrected chi connectivity index (χ3v) is 11.6. The summed E-state index contributed by atoms with van der Waals surface area (Å²) in [7, 11) is 0. The van der Waals surface area contributed by atoms with Gasteiger partial charge in [0.25, 0.3) is 0 Å². The minimum atomic E-state index is 1.08. The van der Waals surface area contributed by atoms with Crippen LogP contribution in [0.4, 0.5) is 22.7 Å². The zero-order valence-electron chi connectivity index (χ0n) is 28.1. The Labute approximate surface area is 304 Å². The van der Waals surface area contributed by atoms with Crippen LogP contribution in [0, 0.1) is 0 Å². The lowest BCUT2D eigenvalue weighted by molar-refractivity contribution is 1.37. The Morgan fingerprint density at radius 1 is 0.404 bits per heavy atom. The second-order valence-electron chi connectivity index (χ2n) is 13.5. The Balaban J connectivity index is 1.10. The lowest BCUT2D eigenvalue weighted by Gasteiger charge is -2.11. The molecule has 0 aliphatic heterocycles. The Bertz CT molecular complexity index is 3110. The maximum atomic E-state index is 3.71. The summed E-state index contributed by atoms with van der Waals surface area (Å²) in [6.45, 7) is 0. The third kappa shape index (κ3) is 4.51. The van der Waals surface area contributed by atoms with Gasteiger partial charge < -0.3 is 15.0 Å². The molecule has 2 N–H and O–H groups in total. The molecule has 0 bridgehead atoms. The second kappa shape index (κ2) is 11.5. The lowest BCUT2D eigenvalue weighted by Crippen LogP contribution is -1.90. The van der Waals surface area contributed by atoms with Gasteiger partial charge in [-0.05, 0) is 89.0 Å². The maximum absolute atomic E-state index is 3.71. The van der Waals surface area contributed by atoms with Crippen molar-refractivity contribution in [3.63, 3.8) is 0 Å². The first-order valence-corrected chi connectivity index (χ1v) is 18.5. The van der Waals surface area contributed by atoms with Crippen LogP contribution in [0.3, 0.4) is 0 Å². The standard InChI is InChI=1S/C48H31N3S/c1-4-12-30(13-5-1)36-23-24-42(50-34-16-8-3-9-17-34)48-46(36)38-22-20-32(27-45(38)52-48)31-21-25-44-39(26-31)41-29-35(49-33-14-6-2-7-15-33)28-40-37-18-10-11-19-43(37)51(44)47(40)41/h1-29,49-50H. The van der Waals surface area contributed by atoms with Crippen molar-refractivity contribution >= 4 is 92.4 Å². The first kappa shape index (κ1) is 29.1. The summed E-state index contributed by atoms with van der Waals surface area (Å²) in [6.07, 6.45) is 0. The normalized spacial score (nSPS) is 11.8. The van der Waals surface area contributed by atoms with Gasteiger partial charge in [-0.25, -0.2) is 0 Å². The molecule has 11 aromatic rings. The van der Waals surface area contributed by atoms with Gasteiger partial charge in [0.05, 0.1) is 26.9 Å². The molecule has 0 fully saturated rings. The van der Waals surface area contributed by atoms with Crippen molar-refractivity contribution in [2.24, 2.45) is 0 Å². The molecule has 0 saturated carbocycles. The van der Waals surface area contributed by atoms with E-state index in [9.17, 15) is 0 Å². The number of rotatable bonds is 6. The molecular weight excluding hydrogens is 651 g/mol. The quantitative estimate of drug-likeness (QED) is 0.183. The fourth-order valence-electron chi connectivity index (χ4n) is 8.13. The molecule has 8 aromatic carbocycles. The van der Waals surface area contributed by atoms with Gasteiger partial charge in [0.15, 0.2) is 0 Å². The van der Waals surface area contributed by atoms with Crippen molar-refractivity contribution in [3.05, 3.63) is 176 Å². The molecule has 0 aliphatic carbocycles. The van der Waals surface area contributed by atoms with Gasteiger partial charge in [0.1, 0.15) is 0 Å². The molecule has 3 nitrogen and oxygen atoms in total. The Hall–Kier alpha value is -6.62. The molecule has 0 saturated heterocycles.